The van der Waals surface area contributed by atoms with Crippen molar-refractivity contribution in [3.63, 3.8) is 0 Å². The number of carbonyl (C=O) groups excluding carboxylic acids is 2. The number of nitrogens with zero attached hydrogens (tertiary/aromatic N) is 3. The van der Waals surface area contributed by atoms with Gasteiger partial charge in [0, 0.05) is 53.8 Å². The molecule has 2 aliphatic heterocycles. The van der Waals surface area contributed by atoms with Gasteiger partial charge in [-0.2, -0.15) is 0 Å². The number of rotatable bonds is 3. The molecule has 8 nitrogen and oxygen atoms in total. The van der Waals surface area contributed by atoms with Crippen LogP contribution in [0, 0.1) is 5.82 Å². The second-order valence-electron chi connectivity index (χ2n) is 11.9. The molecule has 1 atom stereocenters. The van der Waals surface area contributed by atoms with Gasteiger partial charge in [-0.15, -0.1) is 0 Å². The van der Waals surface area contributed by atoms with Gasteiger partial charge in [-0.3, -0.25) is 19.0 Å². The normalized spacial score (nSPS) is 19.6. The molecule has 206 valence electrons. The number of carbonyl (C=O) groups is 2. The molecule has 4 aromatic rings. The first kappa shape index (κ1) is 25.2. The van der Waals surface area contributed by atoms with Gasteiger partial charge in [-0.25, -0.2) is 9.37 Å². The monoisotopic (exact) mass is 549 g/mol. The smallest absolute Gasteiger partial charge is 0.258 e. The molecule has 7 rings (SSSR count). The molecule has 3 aliphatic rings. The number of anilines is 4. The number of benzene rings is 2. The minimum atomic E-state index is -0.674. The summed E-state index contributed by atoms with van der Waals surface area (Å²) in [5.74, 6) is 0.370. The molecule has 2 N–H and O–H groups in total. The summed E-state index contributed by atoms with van der Waals surface area (Å²) >= 11 is 0. The summed E-state index contributed by atoms with van der Waals surface area (Å²) in [6.45, 7) is 4.32. The zero-order valence-electron chi connectivity index (χ0n) is 22.9. The number of nitrogens with one attached hydrogen (secondary N) is 2. The Morgan fingerprint density at radius 2 is 1.80 bits per heavy atom. The summed E-state index contributed by atoms with van der Waals surface area (Å²) in [6, 6.07) is 17.2. The van der Waals surface area contributed by atoms with Crippen molar-refractivity contribution in [1.29, 1.82) is 0 Å². The third-order valence-corrected chi connectivity index (χ3v) is 8.74. The number of hydrogen-bond acceptors (Lipinski definition) is 5. The Balaban J connectivity index is 1.19. The topological polar surface area (TPSA) is 96.3 Å². The van der Waals surface area contributed by atoms with Crippen molar-refractivity contribution in [3.8, 4) is 0 Å². The number of amides is 2. The fourth-order valence-corrected chi connectivity index (χ4v) is 6.56. The van der Waals surface area contributed by atoms with E-state index in [0.29, 0.717) is 36.7 Å². The Morgan fingerprint density at radius 1 is 1.00 bits per heavy atom. The van der Waals surface area contributed by atoms with Crippen LogP contribution in [0.5, 0.6) is 0 Å². The molecule has 41 heavy (non-hydrogen) atoms. The van der Waals surface area contributed by atoms with Crippen LogP contribution < -0.4 is 21.1 Å². The predicted molar refractivity (Wildman–Crippen MR) is 154 cm³/mol. The number of halogens is 1. The van der Waals surface area contributed by atoms with Crippen molar-refractivity contribution in [2.24, 2.45) is 7.05 Å². The molecule has 1 aliphatic carbocycles. The van der Waals surface area contributed by atoms with E-state index in [1.165, 1.54) is 22.8 Å². The lowest BCUT2D eigenvalue weighted by atomic mass is 9.79. The standard InChI is InChI=1S/C32H28FN5O3/c1-31(2)17-38(25-9-7-21(33)14-24(25)31)29(40)19-12-26(37(3)27(39)13-19)35-22-8-6-18-15-32(16-20(18)11-22)23-5-4-10-34-28(23)36-30(32)41/h4-14,35H,15-17H2,1-3H3,(H,34,36,41). The second kappa shape index (κ2) is 8.60. The van der Waals surface area contributed by atoms with Gasteiger partial charge in [-0.05, 0) is 72.0 Å². The van der Waals surface area contributed by atoms with Crippen LogP contribution >= 0.6 is 0 Å². The molecule has 0 saturated heterocycles. The fraction of sp³-hybridized carbons (Fsp3) is 0.250. The van der Waals surface area contributed by atoms with Crippen molar-refractivity contribution in [2.75, 3.05) is 22.1 Å². The van der Waals surface area contributed by atoms with Gasteiger partial charge in [0.15, 0.2) is 0 Å². The Morgan fingerprint density at radius 3 is 2.63 bits per heavy atom. The molecule has 1 spiro atoms. The summed E-state index contributed by atoms with van der Waals surface area (Å²) in [5, 5.41) is 6.24. The third kappa shape index (κ3) is 3.79. The molecule has 2 aromatic carbocycles. The highest BCUT2D eigenvalue weighted by Gasteiger charge is 2.51. The van der Waals surface area contributed by atoms with E-state index in [2.05, 4.69) is 15.6 Å². The molecule has 4 heterocycles. The lowest BCUT2D eigenvalue weighted by Gasteiger charge is -2.21. The van der Waals surface area contributed by atoms with Crippen LogP contribution in [0.1, 0.15) is 46.5 Å². The SMILES string of the molecule is Cn1c(Nc2ccc3c(c2)CC2(C3)C(=O)Nc3ncccc32)cc(C(=O)N2CC(C)(C)c3cc(F)ccc32)cc1=O. The van der Waals surface area contributed by atoms with Crippen LogP contribution in [0.3, 0.4) is 0 Å². The minimum Gasteiger partial charge on any atom is -0.342 e. The molecule has 0 fully saturated rings. The number of fused-ring (bicyclic) bond motifs is 4. The molecular weight excluding hydrogens is 521 g/mol. The van der Waals surface area contributed by atoms with Gasteiger partial charge >= 0.3 is 0 Å². The quantitative estimate of drug-likeness (QED) is 0.390. The van der Waals surface area contributed by atoms with Crippen LogP contribution in [-0.4, -0.2) is 27.9 Å². The van der Waals surface area contributed by atoms with E-state index in [1.54, 1.807) is 30.3 Å². The van der Waals surface area contributed by atoms with Gasteiger partial charge in [0.2, 0.25) is 5.91 Å². The van der Waals surface area contributed by atoms with Gasteiger partial charge in [0.25, 0.3) is 11.5 Å². The van der Waals surface area contributed by atoms with Gasteiger partial charge < -0.3 is 15.5 Å². The van der Waals surface area contributed by atoms with E-state index < -0.39 is 10.8 Å². The first-order chi connectivity index (χ1) is 19.6. The fourth-order valence-electron chi connectivity index (χ4n) is 6.56. The van der Waals surface area contributed by atoms with E-state index in [4.69, 9.17) is 0 Å². The summed E-state index contributed by atoms with van der Waals surface area (Å²) in [5.41, 5.74) is 4.02. The van der Waals surface area contributed by atoms with Gasteiger partial charge in [0.1, 0.15) is 17.5 Å². The predicted octanol–water partition coefficient (Wildman–Crippen LogP) is 4.59. The van der Waals surface area contributed by atoms with Crippen molar-refractivity contribution in [3.05, 3.63) is 111 Å². The number of pyridine rings is 2. The Hall–Kier alpha value is -4.79. The molecule has 0 bridgehead atoms. The van der Waals surface area contributed by atoms with Gasteiger partial charge in [0.05, 0.1) is 5.41 Å². The van der Waals surface area contributed by atoms with Crippen molar-refractivity contribution >= 4 is 34.8 Å². The second-order valence-corrected chi connectivity index (χ2v) is 11.9. The van der Waals surface area contributed by atoms with E-state index in [0.717, 1.165) is 27.9 Å². The maximum absolute atomic E-state index is 14.0. The van der Waals surface area contributed by atoms with Crippen LogP contribution in [0.15, 0.2) is 71.7 Å². The molecule has 0 saturated carbocycles. The van der Waals surface area contributed by atoms with E-state index in [-0.39, 0.29) is 28.8 Å². The highest BCUT2D eigenvalue weighted by Crippen LogP contribution is 2.47. The highest BCUT2D eigenvalue weighted by atomic mass is 19.1. The maximum Gasteiger partial charge on any atom is 0.258 e. The first-order valence-electron chi connectivity index (χ1n) is 13.5. The van der Waals surface area contributed by atoms with Crippen molar-refractivity contribution in [2.45, 2.75) is 37.5 Å². The van der Waals surface area contributed by atoms with Crippen molar-refractivity contribution in [1.82, 2.24) is 9.55 Å². The zero-order valence-corrected chi connectivity index (χ0v) is 22.9. The maximum atomic E-state index is 14.0. The summed E-state index contributed by atoms with van der Waals surface area (Å²) in [4.78, 5) is 45.7. The minimum absolute atomic E-state index is 0.0417. The molecule has 9 heteroatoms. The average Bonchev–Trinajstić information content (AvgIpc) is 3.55. The Kier molecular flexibility index (Phi) is 5.29. The molecular formula is C32H28FN5O3. The highest BCUT2D eigenvalue weighted by molar-refractivity contribution is 6.08. The summed E-state index contributed by atoms with van der Waals surface area (Å²) in [7, 11) is 1.64. The molecule has 2 amide bonds. The van der Waals surface area contributed by atoms with Crippen LogP contribution in [0.2, 0.25) is 0 Å². The Labute approximate surface area is 235 Å². The first-order valence-corrected chi connectivity index (χ1v) is 13.5. The number of aromatic nitrogens is 2. The van der Waals surface area contributed by atoms with Crippen LogP contribution in [0.4, 0.5) is 27.4 Å². The molecule has 1 unspecified atom stereocenters. The van der Waals surface area contributed by atoms with E-state index >= 15 is 0 Å². The lowest BCUT2D eigenvalue weighted by molar-refractivity contribution is -0.120. The van der Waals surface area contributed by atoms with Crippen LogP contribution in [-0.2, 0) is 35.5 Å². The Bertz CT molecular complexity index is 1860. The van der Waals surface area contributed by atoms with Crippen molar-refractivity contribution < 1.29 is 14.0 Å². The summed E-state index contributed by atoms with van der Waals surface area (Å²) < 4.78 is 15.4. The molecule has 2 aromatic heterocycles. The van der Waals surface area contributed by atoms with Crippen LogP contribution in [0.25, 0.3) is 0 Å². The average molecular weight is 550 g/mol. The van der Waals surface area contributed by atoms with Gasteiger partial charge in [-0.1, -0.05) is 26.0 Å². The number of hydrogen-bond donors (Lipinski definition) is 2. The third-order valence-electron chi connectivity index (χ3n) is 8.74. The largest absolute Gasteiger partial charge is 0.342 e. The lowest BCUT2D eigenvalue weighted by Crippen LogP contribution is -2.35. The molecule has 0 radical (unpaired) electrons. The van der Waals surface area contributed by atoms with E-state index in [9.17, 15) is 18.8 Å². The zero-order chi connectivity index (χ0) is 28.7. The summed E-state index contributed by atoms with van der Waals surface area (Å²) in [6.07, 6.45) is 2.81. The van der Waals surface area contributed by atoms with E-state index in [1.807, 2.05) is 44.2 Å².